The Bertz CT molecular complexity index is 742. The van der Waals surface area contributed by atoms with Crippen molar-refractivity contribution in [3.63, 3.8) is 0 Å². The van der Waals surface area contributed by atoms with Crippen molar-refractivity contribution in [2.24, 2.45) is 0 Å². The highest BCUT2D eigenvalue weighted by molar-refractivity contribution is 9.10. The summed E-state index contributed by atoms with van der Waals surface area (Å²) >= 11 is 3.22. The number of nitrogens with zero attached hydrogens (tertiary/aromatic N) is 3. The van der Waals surface area contributed by atoms with Gasteiger partial charge in [0.05, 0.1) is 10.6 Å². The normalized spacial score (nSPS) is 10.3. The molecule has 1 aromatic heterocycles. The first-order chi connectivity index (χ1) is 10.5. The number of hydrogen-bond acceptors (Lipinski definition) is 5. The summed E-state index contributed by atoms with van der Waals surface area (Å²) in [4.78, 5) is 14.9. The van der Waals surface area contributed by atoms with Crippen molar-refractivity contribution in [2.75, 3.05) is 11.4 Å². The predicted octanol–water partition coefficient (Wildman–Crippen LogP) is 5.03. The second-order valence-electron chi connectivity index (χ2n) is 4.29. The van der Waals surface area contributed by atoms with Gasteiger partial charge in [0.15, 0.2) is 12.3 Å². The van der Waals surface area contributed by atoms with Crippen LogP contribution < -0.4 is 4.31 Å². The molecule has 0 saturated heterocycles. The van der Waals surface area contributed by atoms with E-state index in [-0.39, 0.29) is 23.7 Å². The van der Waals surface area contributed by atoms with Crippen LogP contribution in [-0.2, 0) is 0 Å². The number of anilines is 1. The minimum Gasteiger partial charge on any atom is -0.291 e. The van der Waals surface area contributed by atoms with Gasteiger partial charge in [-0.05, 0) is 22.0 Å². The van der Waals surface area contributed by atoms with E-state index in [0.29, 0.717) is 21.3 Å². The van der Waals surface area contributed by atoms with E-state index in [1.54, 1.807) is 25.2 Å². The van der Waals surface area contributed by atoms with E-state index in [1.165, 1.54) is 22.6 Å². The number of halogens is 2. The van der Waals surface area contributed by atoms with Gasteiger partial charge in [0, 0.05) is 34.9 Å². The summed E-state index contributed by atoms with van der Waals surface area (Å²) in [6.45, 7) is 3.72. The highest BCUT2D eigenvalue weighted by Crippen LogP contribution is 2.37. The molecule has 0 atom stereocenters. The van der Waals surface area contributed by atoms with Gasteiger partial charge in [-0.25, -0.2) is 4.98 Å². The molecule has 1 heterocycles. The lowest BCUT2D eigenvalue weighted by Crippen LogP contribution is -2.06. The average molecular weight is 384 g/mol. The van der Waals surface area contributed by atoms with E-state index in [0.717, 1.165) is 0 Å². The summed E-state index contributed by atoms with van der Waals surface area (Å²) in [5.74, 6) is 0. The van der Waals surface area contributed by atoms with Crippen molar-refractivity contribution in [1.29, 1.82) is 0 Å². The van der Waals surface area contributed by atoms with Crippen LogP contribution in [0.5, 0.6) is 0 Å². The molecule has 5 nitrogen and oxygen atoms in total. The van der Waals surface area contributed by atoms with Crippen LogP contribution in [0, 0.1) is 10.1 Å². The van der Waals surface area contributed by atoms with Crippen LogP contribution in [0.4, 0.5) is 15.3 Å². The fourth-order valence-corrected chi connectivity index (χ4v) is 2.61. The average Bonchev–Trinajstić information content (AvgIpc) is 2.53. The molecule has 0 saturated carbocycles. The van der Waals surface area contributed by atoms with E-state index in [4.69, 9.17) is 0 Å². The highest BCUT2D eigenvalue weighted by atomic mass is 79.9. The van der Waals surface area contributed by atoms with Crippen LogP contribution in [-0.4, -0.2) is 17.0 Å². The molecule has 0 N–H and O–H groups in total. The molecule has 2 rings (SSSR count). The van der Waals surface area contributed by atoms with Crippen molar-refractivity contribution in [2.45, 2.75) is 0 Å². The molecule has 0 fully saturated rings. The molecule has 0 amide bonds. The van der Waals surface area contributed by atoms with Crippen LogP contribution >= 0.6 is 28.3 Å². The molecule has 0 bridgehead atoms. The van der Waals surface area contributed by atoms with Crippen LogP contribution in [0.3, 0.4) is 0 Å². The Hall–Kier alpha value is -1.93. The Morgan fingerprint density at radius 1 is 1.55 bits per heavy atom. The van der Waals surface area contributed by atoms with Gasteiger partial charge in [0.25, 0.3) is 5.69 Å². The van der Waals surface area contributed by atoms with E-state index < -0.39 is 4.92 Å². The van der Waals surface area contributed by atoms with E-state index in [1.807, 2.05) is 0 Å². The number of nitro groups is 1. The number of benzene rings is 1. The molecular formula is C14H11BrFN3O2S. The number of rotatable bonds is 5. The maximum absolute atomic E-state index is 12.9. The van der Waals surface area contributed by atoms with Crippen molar-refractivity contribution >= 4 is 45.7 Å². The van der Waals surface area contributed by atoms with Crippen LogP contribution in [0.2, 0.25) is 0 Å². The lowest BCUT2D eigenvalue weighted by atomic mass is 10.0. The Morgan fingerprint density at radius 2 is 2.27 bits per heavy atom. The smallest absolute Gasteiger partial charge is 0.291 e. The standard InChI is InChI=1S/C14H11BrFN3O2S/c1-3-10-11(5-4-6-12(10)18(2)22-16)14-13(19(20)21)7-9(15)8-17-14/h3-8H,1H2,2H3. The molecule has 0 radical (unpaired) electrons. The molecule has 2 aromatic rings. The topological polar surface area (TPSA) is 59.3 Å². The largest absolute Gasteiger partial charge is 0.296 e. The fourth-order valence-electron chi connectivity index (χ4n) is 2.06. The molecule has 0 aliphatic carbocycles. The van der Waals surface area contributed by atoms with Gasteiger partial charge >= 0.3 is 0 Å². The lowest BCUT2D eigenvalue weighted by molar-refractivity contribution is -0.384. The van der Waals surface area contributed by atoms with Gasteiger partial charge < -0.3 is 0 Å². The first-order valence-corrected chi connectivity index (χ1v) is 7.54. The highest BCUT2D eigenvalue weighted by Gasteiger charge is 2.21. The van der Waals surface area contributed by atoms with Crippen molar-refractivity contribution in [3.8, 4) is 11.3 Å². The minimum atomic E-state index is -0.500. The third-order valence-electron chi connectivity index (χ3n) is 3.02. The lowest BCUT2D eigenvalue weighted by Gasteiger charge is -2.17. The Kier molecular flexibility index (Phi) is 5.15. The molecule has 0 aliphatic rings. The fraction of sp³-hybridized carbons (Fsp3) is 0.0714. The zero-order valence-corrected chi connectivity index (χ0v) is 13.9. The third-order valence-corrected chi connectivity index (χ3v) is 3.85. The van der Waals surface area contributed by atoms with E-state index >= 15 is 0 Å². The third kappa shape index (κ3) is 3.12. The first kappa shape index (κ1) is 16.4. The van der Waals surface area contributed by atoms with Gasteiger partial charge in [-0.1, -0.05) is 24.8 Å². The molecule has 0 aliphatic heterocycles. The second-order valence-corrected chi connectivity index (χ2v) is 5.89. The van der Waals surface area contributed by atoms with Gasteiger partial charge in [0.2, 0.25) is 0 Å². The van der Waals surface area contributed by atoms with Gasteiger partial charge in [0.1, 0.15) is 5.69 Å². The van der Waals surface area contributed by atoms with Crippen LogP contribution in [0.25, 0.3) is 17.3 Å². The van der Waals surface area contributed by atoms with E-state index in [2.05, 4.69) is 27.5 Å². The molecule has 8 heteroatoms. The van der Waals surface area contributed by atoms with Gasteiger partial charge in [-0.2, -0.15) is 0 Å². The summed E-state index contributed by atoms with van der Waals surface area (Å²) in [6, 6.07) is 6.48. The number of hydrogen-bond donors (Lipinski definition) is 0. The predicted molar refractivity (Wildman–Crippen MR) is 91.2 cm³/mol. The monoisotopic (exact) mass is 383 g/mol. The van der Waals surface area contributed by atoms with Crippen molar-refractivity contribution in [3.05, 3.63) is 57.2 Å². The Labute approximate surface area is 139 Å². The van der Waals surface area contributed by atoms with Crippen LogP contribution in [0.15, 0.2) is 41.5 Å². The quantitative estimate of drug-likeness (QED) is 0.411. The molecule has 22 heavy (non-hydrogen) atoms. The summed E-state index contributed by atoms with van der Waals surface area (Å²) in [7, 11) is 1.56. The number of aromatic nitrogens is 1. The number of pyridine rings is 1. The van der Waals surface area contributed by atoms with Crippen molar-refractivity contribution < 1.29 is 8.81 Å². The molecule has 0 spiro atoms. The maximum atomic E-state index is 12.9. The summed E-state index contributed by atoms with van der Waals surface area (Å²) in [5.41, 5.74) is 1.73. The van der Waals surface area contributed by atoms with Crippen molar-refractivity contribution in [1.82, 2.24) is 4.98 Å². The molecule has 114 valence electrons. The summed E-state index contributed by atoms with van der Waals surface area (Å²) in [5, 5.41) is 11.3. The zero-order chi connectivity index (χ0) is 16.3. The maximum Gasteiger partial charge on any atom is 0.296 e. The second kappa shape index (κ2) is 6.89. The molecule has 1 aromatic carbocycles. The van der Waals surface area contributed by atoms with E-state index in [9.17, 15) is 14.0 Å². The SMILES string of the molecule is C=Cc1c(-c2ncc(Br)cc2[N+](=O)[O-])cccc1N(C)SF. The first-order valence-electron chi connectivity index (χ1n) is 6.07. The molecule has 0 unspecified atom stereocenters. The van der Waals surface area contributed by atoms with Gasteiger partial charge in [-0.3, -0.25) is 14.4 Å². The zero-order valence-electron chi connectivity index (χ0n) is 11.5. The summed E-state index contributed by atoms with van der Waals surface area (Å²) < 4.78 is 14.7. The Balaban J connectivity index is 2.73. The summed E-state index contributed by atoms with van der Waals surface area (Å²) in [6.07, 6.45) is 3.01. The Morgan fingerprint density at radius 3 is 2.86 bits per heavy atom. The molecular weight excluding hydrogens is 373 g/mol. The van der Waals surface area contributed by atoms with Crippen LogP contribution in [0.1, 0.15) is 5.56 Å². The minimum absolute atomic E-state index is 0.0480. The van der Waals surface area contributed by atoms with Gasteiger partial charge in [-0.15, -0.1) is 3.89 Å².